The van der Waals surface area contributed by atoms with E-state index in [9.17, 15) is 4.79 Å². The second kappa shape index (κ2) is 7.19. The van der Waals surface area contributed by atoms with Crippen LogP contribution in [0.1, 0.15) is 38.9 Å². The molecule has 1 fully saturated rings. The summed E-state index contributed by atoms with van der Waals surface area (Å²) in [7, 11) is 0. The Labute approximate surface area is 161 Å². The van der Waals surface area contributed by atoms with E-state index in [-0.39, 0.29) is 5.91 Å². The summed E-state index contributed by atoms with van der Waals surface area (Å²) in [5.41, 5.74) is 6.12. The van der Waals surface area contributed by atoms with E-state index >= 15 is 0 Å². The van der Waals surface area contributed by atoms with Gasteiger partial charge in [0, 0.05) is 18.8 Å². The summed E-state index contributed by atoms with van der Waals surface area (Å²) in [4.78, 5) is 28.3. The topological polar surface area (TPSA) is 85.0 Å². The first-order chi connectivity index (χ1) is 13.0. The van der Waals surface area contributed by atoms with Gasteiger partial charge in [-0.15, -0.1) is 11.3 Å². The van der Waals surface area contributed by atoms with Crippen molar-refractivity contribution in [2.24, 2.45) is 5.92 Å². The van der Waals surface area contributed by atoms with Crippen molar-refractivity contribution in [3.05, 3.63) is 45.6 Å². The molecule has 1 amide bonds. The fraction of sp³-hybridized carbons (Fsp3) is 0.421. The van der Waals surface area contributed by atoms with Gasteiger partial charge in [0.25, 0.3) is 5.91 Å². The highest BCUT2D eigenvalue weighted by Crippen LogP contribution is 2.27. The number of nitrogens with zero attached hydrogens (tertiary/aromatic N) is 5. The predicted molar refractivity (Wildman–Crippen MR) is 102 cm³/mol. The fourth-order valence-corrected chi connectivity index (χ4v) is 4.39. The lowest BCUT2D eigenvalue weighted by Crippen LogP contribution is -2.28. The molecule has 0 bridgehead atoms. The van der Waals surface area contributed by atoms with Crippen molar-refractivity contribution in [1.29, 1.82) is 0 Å². The Kier molecular flexibility index (Phi) is 4.73. The quantitative estimate of drug-likeness (QED) is 0.688. The van der Waals surface area contributed by atoms with E-state index < -0.39 is 0 Å². The van der Waals surface area contributed by atoms with Crippen LogP contribution in [0.5, 0.6) is 0 Å². The molecule has 1 atom stereocenters. The molecule has 140 valence electrons. The monoisotopic (exact) mass is 383 g/mol. The summed E-state index contributed by atoms with van der Waals surface area (Å²) in [6.45, 7) is 7.21. The largest absolute Gasteiger partial charge is 0.361 e. The van der Waals surface area contributed by atoms with Crippen LogP contribution in [-0.4, -0.2) is 44.0 Å². The molecule has 1 aliphatic rings. The minimum atomic E-state index is 0.0941. The lowest BCUT2D eigenvalue weighted by atomic mass is 10.0. The first kappa shape index (κ1) is 17.8. The van der Waals surface area contributed by atoms with Gasteiger partial charge in [-0.2, -0.15) is 0 Å². The zero-order valence-electron chi connectivity index (χ0n) is 15.6. The highest BCUT2D eigenvalue weighted by atomic mass is 32.1. The Morgan fingerprint density at radius 1 is 1.26 bits per heavy atom. The summed E-state index contributed by atoms with van der Waals surface area (Å²) in [6.07, 6.45) is 3.40. The number of rotatable bonds is 4. The van der Waals surface area contributed by atoms with Crippen molar-refractivity contribution in [2.45, 2.75) is 33.6 Å². The van der Waals surface area contributed by atoms with Gasteiger partial charge >= 0.3 is 0 Å². The van der Waals surface area contributed by atoms with Crippen LogP contribution in [0.3, 0.4) is 0 Å². The number of likely N-dealkylation sites (tertiary alicyclic amines) is 1. The van der Waals surface area contributed by atoms with E-state index in [1.165, 1.54) is 11.3 Å². The standard InChI is InChI=1S/C19H21N5O2S/c1-11-17(13(3)26-23-11)16-7-15(20-9-21-16)6-14-4-5-24(8-14)19(25)18-12(2)22-10-27-18/h7,9-10,14H,4-6,8H2,1-3H3/t14-/m1/s1. The molecule has 7 nitrogen and oxygen atoms in total. The zero-order chi connectivity index (χ0) is 19.0. The van der Waals surface area contributed by atoms with Crippen LogP contribution < -0.4 is 0 Å². The molecule has 4 heterocycles. The number of hydrogen-bond acceptors (Lipinski definition) is 7. The minimum absolute atomic E-state index is 0.0941. The highest BCUT2D eigenvalue weighted by Gasteiger charge is 2.29. The summed E-state index contributed by atoms with van der Waals surface area (Å²) >= 11 is 1.42. The van der Waals surface area contributed by atoms with E-state index in [0.717, 1.165) is 64.9 Å². The van der Waals surface area contributed by atoms with Gasteiger partial charge in [-0.05, 0) is 45.6 Å². The molecule has 4 rings (SSSR count). The lowest BCUT2D eigenvalue weighted by Gasteiger charge is -2.16. The number of carbonyl (C=O) groups excluding carboxylic acids is 1. The van der Waals surface area contributed by atoms with E-state index in [1.54, 1.807) is 11.8 Å². The number of aromatic nitrogens is 4. The number of aryl methyl sites for hydroxylation is 3. The second-order valence-corrected chi connectivity index (χ2v) is 7.83. The van der Waals surface area contributed by atoms with Gasteiger partial charge in [0.2, 0.25) is 0 Å². The molecule has 8 heteroatoms. The van der Waals surface area contributed by atoms with Crippen molar-refractivity contribution in [3.8, 4) is 11.3 Å². The third-order valence-electron chi connectivity index (χ3n) is 5.02. The molecule has 3 aromatic heterocycles. The Morgan fingerprint density at radius 2 is 2.11 bits per heavy atom. The maximum atomic E-state index is 12.7. The average molecular weight is 383 g/mol. The number of carbonyl (C=O) groups is 1. The molecule has 1 aliphatic heterocycles. The van der Waals surface area contributed by atoms with Crippen LogP contribution in [0.4, 0.5) is 0 Å². The predicted octanol–water partition coefficient (Wildman–Crippen LogP) is 3.22. The van der Waals surface area contributed by atoms with Crippen molar-refractivity contribution < 1.29 is 9.32 Å². The smallest absolute Gasteiger partial charge is 0.265 e. The number of amides is 1. The molecule has 3 aromatic rings. The SMILES string of the molecule is Cc1ncsc1C(=O)N1CC[C@H](Cc2cc(-c3c(C)noc3C)ncn2)C1. The van der Waals surface area contributed by atoms with Gasteiger partial charge < -0.3 is 9.42 Å². The maximum Gasteiger partial charge on any atom is 0.265 e. The van der Waals surface area contributed by atoms with Crippen molar-refractivity contribution in [3.63, 3.8) is 0 Å². The second-order valence-electron chi connectivity index (χ2n) is 6.97. The minimum Gasteiger partial charge on any atom is -0.361 e. The Balaban J connectivity index is 1.46. The van der Waals surface area contributed by atoms with Gasteiger partial charge in [-0.1, -0.05) is 5.16 Å². The molecule has 0 spiro atoms. The third-order valence-corrected chi connectivity index (χ3v) is 5.94. The molecular weight excluding hydrogens is 362 g/mol. The van der Waals surface area contributed by atoms with Gasteiger partial charge in [0.15, 0.2) is 0 Å². The third kappa shape index (κ3) is 3.49. The van der Waals surface area contributed by atoms with Crippen LogP contribution in [-0.2, 0) is 6.42 Å². The highest BCUT2D eigenvalue weighted by molar-refractivity contribution is 7.11. The molecule has 0 aromatic carbocycles. The molecule has 0 N–H and O–H groups in total. The van der Waals surface area contributed by atoms with Crippen molar-refractivity contribution in [1.82, 2.24) is 25.0 Å². The first-order valence-corrected chi connectivity index (χ1v) is 9.84. The fourth-order valence-electron chi connectivity index (χ4n) is 3.62. The van der Waals surface area contributed by atoms with Crippen LogP contribution in [0.2, 0.25) is 0 Å². The average Bonchev–Trinajstić information content (AvgIpc) is 3.36. The lowest BCUT2D eigenvalue weighted by molar-refractivity contribution is 0.0791. The Hall–Kier alpha value is -2.61. The van der Waals surface area contributed by atoms with Crippen LogP contribution in [0.15, 0.2) is 22.4 Å². The molecule has 0 radical (unpaired) electrons. The normalized spacial score (nSPS) is 16.9. The molecule has 1 saturated heterocycles. The van der Waals surface area contributed by atoms with Crippen LogP contribution >= 0.6 is 11.3 Å². The van der Waals surface area contributed by atoms with E-state index in [2.05, 4.69) is 20.1 Å². The molecular formula is C19H21N5O2S. The summed E-state index contributed by atoms with van der Waals surface area (Å²) < 4.78 is 5.25. The van der Waals surface area contributed by atoms with E-state index in [1.807, 2.05) is 31.7 Å². The Morgan fingerprint density at radius 3 is 2.81 bits per heavy atom. The summed E-state index contributed by atoms with van der Waals surface area (Å²) in [5.74, 6) is 1.25. The van der Waals surface area contributed by atoms with E-state index in [0.29, 0.717) is 5.92 Å². The molecule has 0 unspecified atom stereocenters. The molecule has 0 aliphatic carbocycles. The Bertz CT molecular complexity index is 961. The van der Waals surface area contributed by atoms with Gasteiger partial charge in [0.1, 0.15) is 17.0 Å². The van der Waals surface area contributed by atoms with Crippen LogP contribution in [0, 0.1) is 26.7 Å². The van der Waals surface area contributed by atoms with Gasteiger partial charge in [-0.3, -0.25) is 4.79 Å². The van der Waals surface area contributed by atoms with Crippen molar-refractivity contribution in [2.75, 3.05) is 13.1 Å². The van der Waals surface area contributed by atoms with E-state index in [4.69, 9.17) is 4.52 Å². The van der Waals surface area contributed by atoms with Gasteiger partial charge in [-0.25, -0.2) is 15.0 Å². The van der Waals surface area contributed by atoms with Gasteiger partial charge in [0.05, 0.1) is 28.2 Å². The molecule has 27 heavy (non-hydrogen) atoms. The van der Waals surface area contributed by atoms with Crippen molar-refractivity contribution >= 4 is 17.2 Å². The summed E-state index contributed by atoms with van der Waals surface area (Å²) in [6, 6.07) is 2.00. The molecule has 0 saturated carbocycles. The summed E-state index contributed by atoms with van der Waals surface area (Å²) in [5, 5.41) is 4.00. The number of thiazole rings is 1. The maximum absolute atomic E-state index is 12.7. The number of hydrogen-bond donors (Lipinski definition) is 0. The van der Waals surface area contributed by atoms with Crippen LogP contribution in [0.25, 0.3) is 11.3 Å². The zero-order valence-corrected chi connectivity index (χ0v) is 16.4. The first-order valence-electron chi connectivity index (χ1n) is 8.96.